The molecule has 1 saturated carbocycles. The summed E-state index contributed by atoms with van der Waals surface area (Å²) >= 11 is 0. The number of ether oxygens (including phenoxy) is 1. The summed E-state index contributed by atoms with van der Waals surface area (Å²) in [6, 6.07) is 5.48. The summed E-state index contributed by atoms with van der Waals surface area (Å²) in [5.41, 5.74) is 1.58. The van der Waals surface area contributed by atoms with Crippen LogP contribution in [0.3, 0.4) is 0 Å². The number of urea groups is 1. The summed E-state index contributed by atoms with van der Waals surface area (Å²) in [4.78, 5) is 29.3. The monoisotopic (exact) mass is 409 g/mol. The first-order valence-corrected chi connectivity index (χ1v) is 10.2. The highest BCUT2D eigenvalue weighted by Crippen LogP contribution is 2.37. The molecule has 5 rings (SSSR count). The third-order valence-corrected chi connectivity index (χ3v) is 5.80. The van der Waals surface area contributed by atoms with E-state index in [4.69, 9.17) is 4.74 Å². The van der Waals surface area contributed by atoms with Crippen LogP contribution in [0.2, 0.25) is 0 Å². The molecule has 0 aromatic carbocycles. The number of likely N-dealkylation sites (tertiary alicyclic amines) is 1. The van der Waals surface area contributed by atoms with Gasteiger partial charge in [-0.25, -0.2) is 19.7 Å². The SMILES string of the molecule is CNc1ncnc2[nH]ccc12.COc1ccc(NC(=O)N2CC3CCCC3C2)cn1. The first-order valence-electron chi connectivity index (χ1n) is 10.2. The quantitative estimate of drug-likeness (QED) is 0.612. The van der Waals surface area contributed by atoms with E-state index < -0.39 is 0 Å². The Morgan fingerprint density at radius 1 is 1.17 bits per heavy atom. The van der Waals surface area contributed by atoms with Crippen LogP contribution in [0, 0.1) is 11.8 Å². The molecule has 2 unspecified atom stereocenters. The van der Waals surface area contributed by atoms with Crippen molar-refractivity contribution < 1.29 is 9.53 Å². The topological polar surface area (TPSA) is 108 Å². The zero-order valence-electron chi connectivity index (χ0n) is 17.3. The van der Waals surface area contributed by atoms with Gasteiger partial charge in [-0.05, 0) is 36.8 Å². The van der Waals surface area contributed by atoms with Crippen molar-refractivity contribution in [2.75, 3.05) is 37.9 Å². The predicted molar refractivity (Wildman–Crippen MR) is 116 cm³/mol. The highest BCUT2D eigenvalue weighted by atomic mass is 16.5. The Hall–Kier alpha value is -3.36. The maximum atomic E-state index is 12.2. The van der Waals surface area contributed by atoms with Crippen molar-refractivity contribution in [3.8, 4) is 5.88 Å². The van der Waals surface area contributed by atoms with Crippen molar-refractivity contribution in [1.29, 1.82) is 0 Å². The average Bonchev–Trinajstić information content (AvgIpc) is 3.50. The predicted octanol–water partition coefficient (Wildman–Crippen LogP) is 3.35. The van der Waals surface area contributed by atoms with Crippen LogP contribution < -0.4 is 15.4 Å². The number of anilines is 2. The minimum atomic E-state index is -0.0126. The molecule has 3 aromatic heterocycles. The Morgan fingerprint density at radius 3 is 2.63 bits per heavy atom. The molecule has 1 aliphatic carbocycles. The lowest BCUT2D eigenvalue weighted by Crippen LogP contribution is -2.33. The van der Waals surface area contributed by atoms with E-state index in [1.165, 1.54) is 25.6 Å². The first-order chi connectivity index (χ1) is 14.7. The van der Waals surface area contributed by atoms with Gasteiger partial charge in [-0.1, -0.05) is 6.42 Å². The van der Waals surface area contributed by atoms with Crippen molar-refractivity contribution in [2.24, 2.45) is 11.8 Å². The van der Waals surface area contributed by atoms with E-state index >= 15 is 0 Å². The summed E-state index contributed by atoms with van der Waals surface area (Å²) in [6.45, 7) is 1.81. The molecule has 0 spiro atoms. The second kappa shape index (κ2) is 8.98. The number of hydrogen-bond acceptors (Lipinski definition) is 6. The molecule has 0 bridgehead atoms. The summed E-state index contributed by atoms with van der Waals surface area (Å²) < 4.78 is 4.99. The first kappa shape index (κ1) is 19.9. The Morgan fingerprint density at radius 2 is 1.97 bits per heavy atom. The molecule has 158 valence electrons. The van der Waals surface area contributed by atoms with E-state index in [1.807, 2.05) is 24.2 Å². The third kappa shape index (κ3) is 4.29. The van der Waals surface area contributed by atoms with E-state index in [0.29, 0.717) is 11.6 Å². The molecule has 2 amide bonds. The van der Waals surface area contributed by atoms with Crippen LogP contribution in [-0.2, 0) is 0 Å². The molecule has 30 heavy (non-hydrogen) atoms. The van der Waals surface area contributed by atoms with E-state index in [-0.39, 0.29) is 6.03 Å². The number of aromatic nitrogens is 4. The molecule has 1 saturated heterocycles. The van der Waals surface area contributed by atoms with Crippen molar-refractivity contribution in [1.82, 2.24) is 24.8 Å². The highest BCUT2D eigenvalue weighted by molar-refractivity contribution is 5.89. The highest BCUT2D eigenvalue weighted by Gasteiger charge is 2.37. The van der Waals surface area contributed by atoms with Crippen molar-refractivity contribution in [3.63, 3.8) is 0 Å². The van der Waals surface area contributed by atoms with Gasteiger partial charge < -0.3 is 25.3 Å². The number of carbonyl (C=O) groups excluding carboxylic acids is 1. The normalized spacial score (nSPS) is 19.7. The summed E-state index contributed by atoms with van der Waals surface area (Å²) in [5, 5.41) is 6.90. The second-order valence-electron chi connectivity index (χ2n) is 7.59. The van der Waals surface area contributed by atoms with Gasteiger partial charge in [0.2, 0.25) is 5.88 Å². The fraction of sp³-hybridized carbons (Fsp3) is 0.429. The molecular weight excluding hydrogens is 382 g/mol. The molecule has 9 heteroatoms. The fourth-order valence-electron chi connectivity index (χ4n) is 4.25. The number of methoxy groups -OCH3 is 1. The number of rotatable bonds is 3. The van der Waals surface area contributed by atoms with E-state index in [1.54, 1.807) is 25.4 Å². The lowest BCUT2D eigenvalue weighted by molar-refractivity contribution is 0.219. The maximum absolute atomic E-state index is 12.2. The number of carbonyl (C=O) groups is 1. The van der Waals surface area contributed by atoms with Gasteiger partial charge in [0.1, 0.15) is 17.8 Å². The minimum Gasteiger partial charge on any atom is -0.481 e. The van der Waals surface area contributed by atoms with Gasteiger partial charge in [-0.15, -0.1) is 0 Å². The van der Waals surface area contributed by atoms with Gasteiger partial charge in [0.05, 0.1) is 24.4 Å². The van der Waals surface area contributed by atoms with Gasteiger partial charge in [-0.3, -0.25) is 0 Å². The number of fused-ring (bicyclic) bond motifs is 2. The van der Waals surface area contributed by atoms with Crippen LogP contribution in [-0.4, -0.2) is 58.1 Å². The summed E-state index contributed by atoms with van der Waals surface area (Å²) in [5.74, 6) is 2.85. The lowest BCUT2D eigenvalue weighted by atomic mass is 10.0. The fourth-order valence-corrected chi connectivity index (χ4v) is 4.25. The van der Waals surface area contributed by atoms with Crippen molar-refractivity contribution >= 4 is 28.6 Å². The number of hydrogen-bond donors (Lipinski definition) is 3. The van der Waals surface area contributed by atoms with Gasteiger partial charge in [0.25, 0.3) is 0 Å². The smallest absolute Gasteiger partial charge is 0.321 e. The molecule has 2 atom stereocenters. The molecule has 2 aliphatic rings. The molecule has 3 N–H and O–H groups in total. The number of H-pyrrole nitrogens is 1. The van der Waals surface area contributed by atoms with Gasteiger partial charge in [0, 0.05) is 32.4 Å². The summed E-state index contributed by atoms with van der Waals surface area (Å²) in [6.07, 6.45) is 8.88. The molecule has 2 fully saturated rings. The zero-order valence-corrected chi connectivity index (χ0v) is 17.3. The van der Waals surface area contributed by atoms with Crippen LogP contribution in [0.5, 0.6) is 5.88 Å². The Bertz CT molecular complexity index is 976. The van der Waals surface area contributed by atoms with Crippen molar-refractivity contribution in [2.45, 2.75) is 19.3 Å². The number of pyridine rings is 1. The number of aromatic amines is 1. The zero-order chi connectivity index (χ0) is 20.9. The van der Waals surface area contributed by atoms with E-state index in [9.17, 15) is 4.79 Å². The van der Waals surface area contributed by atoms with Crippen LogP contribution >= 0.6 is 0 Å². The molecule has 0 radical (unpaired) electrons. The Kier molecular flexibility index (Phi) is 5.97. The summed E-state index contributed by atoms with van der Waals surface area (Å²) in [7, 11) is 3.42. The van der Waals surface area contributed by atoms with Crippen LogP contribution in [0.1, 0.15) is 19.3 Å². The molecule has 4 heterocycles. The maximum Gasteiger partial charge on any atom is 0.321 e. The van der Waals surface area contributed by atoms with Gasteiger partial charge >= 0.3 is 6.03 Å². The lowest BCUT2D eigenvalue weighted by Gasteiger charge is -2.18. The van der Waals surface area contributed by atoms with E-state index in [2.05, 4.69) is 30.6 Å². The minimum absolute atomic E-state index is 0.0126. The number of amides is 2. The largest absolute Gasteiger partial charge is 0.481 e. The van der Waals surface area contributed by atoms with Crippen LogP contribution in [0.25, 0.3) is 11.0 Å². The van der Waals surface area contributed by atoms with Crippen molar-refractivity contribution in [3.05, 3.63) is 36.9 Å². The Labute approximate surface area is 175 Å². The van der Waals surface area contributed by atoms with Crippen LogP contribution in [0.4, 0.5) is 16.3 Å². The molecule has 3 aromatic rings. The molecule has 9 nitrogen and oxygen atoms in total. The van der Waals surface area contributed by atoms with Gasteiger partial charge in [-0.2, -0.15) is 0 Å². The van der Waals surface area contributed by atoms with Gasteiger partial charge in [0.15, 0.2) is 0 Å². The standard InChI is InChI=1S/C14H19N3O2.C7H8N4/c1-19-13-6-5-12(7-15-13)16-14(18)17-8-10-3-2-4-11(10)9-17;1-8-6-5-2-3-9-7(5)11-4-10-6/h5-7,10-11H,2-4,8-9H2,1H3,(H,16,18);2-4H,1H3,(H2,8,9,10,11). The van der Waals surface area contributed by atoms with E-state index in [0.717, 1.165) is 41.8 Å². The average molecular weight is 409 g/mol. The Balaban J connectivity index is 0.000000168. The number of nitrogens with one attached hydrogen (secondary N) is 3. The molecular formula is C21H27N7O2. The molecule has 1 aliphatic heterocycles. The second-order valence-corrected chi connectivity index (χ2v) is 7.59. The number of nitrogens with zero attached hydrogens (tertiary/aromatic N) is 4. The third-order valence-electron chi connectivity index (χ3n) is 5.80. The van der Waals surface area contributed by atoms with Crippen LogP contribution in [0.15, 0.2) is 36.9 Å².